The fraction of sp³-hybridized carbons (Fsp3) is 0.0870. The van der Waals surface area contributed by atoms with Crippen molar-refractivity contribution >= 4 is 35.0 Å². The van der Waals surface area contributed by atoms with Crippen molar-refractivity contribution in [3.8, 4) is 22.9 Å². The van der Waals surface area contributed by atoms with Gasteiger partial charge < -0.3 is 15.9 Å². The molecule has 3 aromatic carbocycles. The van der Waals surface area contributed by atoms with Gasteiger partial charge in [-0.05, 0) is 37.3 Å². The summed E-state index contributed by atoms with van der Waals surface area (Å²) in [6.07, 6.45) is 0. The largest absolute Gasteiger partial charge is 0.455 e. The third-order valence-electron chi connectivity index (χ3n) is 4.49. The number of ether oxygens (including phenoxy) is 1. The smallest absolute Gasteiger partial charge is 0.234 e. The summed E-state index contributed by atoms with van der Waals surface area (Å²) in [5.74, 6) is 7.64. The molecule has 9 heteroatoms. The highest BCUT2D eigenvalue weighted by Crippen LogP contribution is 2.32. The maximum Gasteiger partial charge on any atom is 0.234 e. The number of thioether (sulfide) groups is 1. The van der Waals surface area contributed by atoms with Crippen LogP contribution in [0.1, 0.15) is 5.56 Å². The number of hydrogen-bond donors (Lipinski definition) is 2. The van der Waals surface area contributed by atoms with Crippen LogP contribution in [0.15, 0.2) is 78.0 Å². The van der Waals surface area contributed by atoms with E-state index in [1.54, 1.807) is 18.2 Å². The Bertz CT molecular complexity index is 1230. The summed E-state index contributed by atoms with van der Waals surface area (Å²) in [5, 5.41) is 12.0. The highest BCUT2D eigenvalue weighted by molar-refractivity contribution is 7.99. The summed E-state index contributed by atoms with van der Waals surface area (Å²) in [5.41, 5.74) is 2.46. The van der Waals surface area contributed by atoms with E-state index >= 15 is 0 Å². The molecule has 3 N–H and O–H groups in total. The molecule has 0 aliphatic heterocycles. The van der Waals surface area contributed by atoms with E-state index in [1.807, 2.05) is 61.5 Å². The lowest BCUT2D eigenvalue weighted by molar-refractivity contribution is -0.113. The van der Waals surface area contributed by atoms with E-state index < -0.39 is 0 Å². The molecule has 0 radical (unpaired) electrons. The highest BCUT2D eigenvalue weighted by atomic mass is 35.5. The number of aromatic nitrogens is 3. The van der Waals surface area contributed by atoms with Crippen LogP contribution in [-0.4, -0.2) is 26.5 Å². The van der Waals surface area contributed by atoms with Crippen molar-refractivity contribution < 1.29 is 9.53 Å². The van der Waals surface area contributed by atoms with Gasteiger partial charge in [0.2, 0.25) is 11.1 Å². The molecule has 4 aromatic rings. The van der Waals surface area contributed by atoms with Crippen molar-refractivity contribution in [2.75, 3.05) is 16.9 Å². The van der Waals surface area contributed by atoms with Gasteiger partial charge >= 0.3 is 0 Å². The summed E-state index contributed by atoms with van der Waals surface area (Å²) in [6.45, 7) is 2.01. The van der Waals surface area contributed by atoms with Crippen LogP contribution < -0.4 is 15.9 Å². The van der Waals surface area contributed by atoms with E-state index in [0.717, 1.165) is 11.1 Å². The number of amides is 1. The first-order valence-corrected chi connectivity index (χ1v) is 11.1. The minimum atomic E-state index is -0.255. The first-order valence-electron chi connectivity index (χ1n) is 9.72. The first kappa shape index (κ1) is 21.7. The minimum Gasteiger partial charge on any atom is -0.455 e. The molecule has 0 aliphatic rings. The number of carbonyl (C=O) groups is 1. The van der Waals surface area contributed by atoms with Gasteiger partial charge in [0, 0.05) is 10.6 Å². The predicted octanol–water partition coefficient (Wildman–Crippen LogP) is 5.14. The number of para-hydroxylation sites is 1. The van der Waals surface area contributed by atoms with Crippen molar-refractivity contribution in [3.05, 3.63) is 83.4 Å². The Morgan fingerprint density at radius 2 is 1.84 bits per heavy atom. The average Bonchev–Trinajstić information content (AvgIpc) is 3.16. The van der Waals surface area contributed by atoms with Crippen LogP contribution >= 0.6 is 23.4 Å². The molecule has 32 heavy (non-hydrogen) atoms. The third-order valence-corrected chi connectivity index (χ3v) is 5.67. The van der Waals surface area contributed by atoms with E-state index in [4.69, 9.17) is 22.2 Å². The molecule has 1 heterocycles. The lowest BCUT2D eigenvalue weighted by atomic mass is 10.1. The monoisotopic (exact) mass is 465 g/mol. The second-order valence-electron chi connectivity index (χ2n) is 6.93. The second-order valence-corrected chi connectivity index (χ2v) is 8.31. The molecule has 0 saturated heterocycles. The van der Waals surface area contributed by atoms with Crippen LogP contribution in [-0.2, 0) is 4.79 Å². The number of nitrogens with two attached hydrogens (primary N) is 1. The molecule has 0 fully saturated rings. The summed E-state index contributed by atoms with van der Waals surface area (Å²) in [6, 6.07) is 22.2. The molecule has 1 aromatic heterocycles. The van der Waals surface area contributed by atoms with Crippen molar-refractivity contribution in [3.63, 3.8) is 0 Å². The molecular weight excluding hydrogens is 446 g/mol. The number of nitrogens with one attached hydrogen (secondary N) is 1. The van der Waals surface area contributed by atoms with Gasteiger partial charge in [-0.3, -0.25) is 4.79 Å². The van der Waals surface area contributed by atoms with Crippen LogP contribution in [0.4, 0.5) is 5.69 Å². The van der Waals surface area contributed by atoms with Gasteiger partial charge in [-0.15, -0.1) is 10.2 Å². The summed E-state index contributed by atoms with van der Waals surface area (Å²) < 4.78 is 7.26. The number of nitrogens with zero attached hydrogens (tertiary/aromatic N) is 3. The van der Waals surface area contributed by atoms with Crippen molar-refractivity contribution in [1.29, 1.82) is 0 Å². The number of carbonyl (C=O) groups excluding carboxylic acids is 1. The summed E-state index contributed by atoms with van der Waals surface area (Å²) >= 11 is 7.30. The standard InChI is InChI=1S/C23H20ClN5O2S/c1-15-7-9-16(10-8-15)22-27-28-23(29(22)25)32-14-21(30)26-19-13-17(24)11-12-20(19)31-18-5-3-2-4-6-18/h2-13H,14,25H2,1H3,(H,26,30). The van der Waals surface area contributed by atoms with Crippen LogP contribution in [0.2, 0.25) is 5.02 Å². The Labute approximate surface area is 194 Å². The molecule has 0 bridgehead atoms. The van der Waals surface area contributed by atoms with Crippen LogP contribution in [0.25, 0.3) is 11.4 Å². The zero-order chi connectivity index (χ0) is 22.5. The Morgan fingerprint density at radius 1 is 1.09 bits per heavy atom. The maximum absolute atomic E-state index is 12.6. The number of benzene rings is 3. The zero-order valence-corrected chi connectivity index (χ0v) is 18.7. The fourth-order valence-corrected chi connectivity index (χ4v) is 3.72. The van der Waals surface area contributed by atoms with E-state index in [-0.39, 0.29) is 11.7 Å². The Hall–Kier alpha value is -3.49. The minimum absolute atomic E-state index is 0.0839. The van der Waals surface area contributed by atoms with E-state index in [9.17, 15) is 4.79 Å². The van der Waals surface area contributed by atoms with Crippen LogP contribution in [0.5, 0.6) is 11.5 Å². The number of nitrogen functional groups attached to an aromatic ring is 1. The Kier molecular flexibility index (Phi) is 6.63. The number of hydrogen-bond acceptors (Lipinski definition) is 6. The van der Waals surface area contributed by atoms with Crippen LogP contribution in [0.3, 0.4) is 0 Å². The quantitative estimate of drug-likeness (QED) is 0.289. The number of rotatable bonds is 7. The molecule has 1 amide bonds. The van der Waals surface area contributed by atoms with Crippen LogP contribution in [0, 0.1) is 6.92 Å². The maximum atomic E-state index is 12.6. The first-order chi connectivity index (χ1) is 15.5. The van der Waals surface area contributed by atoms with Gasteiger partial charge in [-0.1, -0.05) is 71.4 Å². The van der Waals surface area contributed by atoms with E-state index in [2.05, 4.69) is 15.5 Å². The molecule has 162 valence electrons. The Morgan fingerprint density at radius 3 is 2.59 bits per heavy atom. The molecule has 7 nitrogen and oxygen atoms in total. The molecule has 4 rings (SSSR count). The normalized spacial score (nSPS) is 10.7. The SMILES string of the molecule is Cc1ccc(-c2nnc(SCC(=O)Nc3cc(Cl)ccc3Oc3ccccc3)n2N)cc1. The van der Waals surface area contributed by atoms with Crippen molar-refractivity contribution in [1.82, 2.24) is 14.9 Å². The second kappa shape index (κ2) is 9.76. The molecule has 0 saturated carbocycles. The average molecular weight is 466 g/mol. The van der Waals surface area contributed by atoms with Gasteiger partial charge in [0.1, 0.15) is 5.75 Å². The zero-order valence-electron chi connectivity index (χ0n) is 17.2. The number of anilines is 1. The third kappa shape index (κ3) is 5.22. The molecule has 0 spiro atoms. The molecule has 0 unspecified atom stereocenters. The fourth-order valence-electron chi connectivity index (χ4n) is 2.90. The van der Waals surface area contributed by atoms with Gasteiger partial charge in [0.25, 0.3) is 0 Å². The molecule has 0 aliphatic carbocycles. The molecular formula is C23H20ClN5O2S. The van der Waals surface area contributed by atoms with Crippen molar-refractivity contribution in [2.45, 2.75) is 12.1 Å². The topological polar surface area (TPSA) is 95.1 Å². The van der Waals surface area contributed by atoms with Gasteiger partial charge in [-0.2, -0.15) is 0 Å². The van der Waals surface area contributed by atoms with Gasteiger partial charge in [0.05, 0.1) is 11.4 Å². The van der Waals surface area contributed by atoms with E-state index in [1.165, 1.54) is 16.4 Å². The van der Waals surface area contributed by atoms with Gasteiger partial charge in [0.15, 0.2) is 11.6 Å². The lowest BCUT2D eigenvalue weighted by Gasteiger charge is -2.12. The number of halogens is 1. The summed E-state index contributed by atoms with van der Waals surface area (Å²) in [7, 11) is 0. The highest BCUT2D eigenvalue weighted by Gasteiger charge is 2.15. The predicted molar refractivity (Wildman–Crippen MR) is 128 cm³/mol. The number of aryl methyl sites for hydroxylation is 1. The molecule has 0 atom stereocenters. The van der Waals surface area contributed by atoms with Gasteiger partial charge in [-0.25, -0.2) is 4.68 Å². The van der Waals surface area contributed by atoms with E-state index in [0.29, 0.717) is 33.2 Å². The summed E-state index contributed by atoms with van der Waals surface area (Å²) in [4.78, 5) is 12.6. The van der Waals surface area contributed by atoms with Crippen molar-refractivity contribution in [2.24, 2.45) is 0 Å². The lowest BCUT2D eigenvalue weighted by Crippen LogP contribution is -2.16. The Balaban J connectivity index is 1.43.